The van der Waals surface area contributed by atoms with Crippen molar-refractivity contribution in [1.29, 1.82) is 0 Å². The molecule has 0 unspecified atom stereocenters. The highest BCUT2D eigenvalue weighted by atomic mass is 15.1. The maximum absolute atomic E-state index is 3.53. The number of benzene rings is 1. The Morgan fingerprint density at radius 3 is 2.42 bits per heavy atom. The Hall–Kier alpha value is -0.860. The van der Waals surface area contributed by atoms with E-state index in [0.29, 0.717) is 0 Å². The molecule has 0 aliphatic heterocycles. The van der Waals surface area contributed by atoms with Crippen LogP contribution in [0, 0.1) is 13.8 Å². The molecule has 0 spiro atoms. The number of aryl methyl sites for hydroxylation is 2. The van der Waals surface area contributed by atoms with E-state index in [1.807, 2.05) is 0 Å². The van der Waals surface area contributed by atoms with Crippen LogP contribution < -0.4 is 5.32 Å². The SMILES string of the molecule is Cc1ccc(C)c(CCN(C)CCNC(C)(C)C)c1. The van der Waals surface area contributed by atoms with Crippen LogP contribution in [0.15, 0.2) is 18.2 Å². The lowest BCUT2D eigenvalue weighted by Gasteiger charge is -2.23. The Morgan fingerprint density at radius 1 is 1.11 bits per heavy atom. The van der Waals surface area contributed by atoms with E-state index in [9.17, 15) is 0 Å². The molecular formula is C17H30N2. The predicted molar refractivity (Wildman–Crippen MR) is 84.9 cm³/mol. The topological polar surface area (TPSA) is 15.3 Å². The third-order valence-corrected chi connectivity index (χ3v) is 3.42. The zero-order chi connectivity index (χ0) is 14.5. The van der Waals surface area contributed by atoms with Crippen molar-refractivity contribution in [3.05, 3.63) is 34.9 Å². The largest absolute Gasteiger partial charge is 0.311 e. The zero-order valence-electron chi connectivity index (χ0n) is 13.5. The summed E-state index contributed by atoms with van der Waals surface area (Å²) in [6.45, 7) is 14.3. The van der Waals surface area contributed by atoms with Gasteiger partial charge in [-0.05, 0) is 59.2 Å². The van der Waals surface area contributed by atoms with Crippen LogP contribution in [0.2, 0.25) is 0 Å². The zero-order valence-corrected chi connectivity index (χ0v) is 13.5. The third-order valence-electron chi connectivity index (χ3n) is 3.42. The minimum Gasteiger partial charge on any atom is -0.311 e. The number of likely N-dealkylation sites (N-methyl/N-ethyl adjacent to an activating group) is 1. The van der Waals surface area contributed by atoms with Gasteiger partial charge in [-0.15, -0.1) is 0 Å². The highest BCUT2D eigenvalue weighted by Gasteiger charge is 2.08. The van der Waals surface area contributed by atoms with Crippen molar-refractivity contribution in [2.75, 3.05) is 26.7 Å². The molecule has 0 atom stereocenters. The van der Waals surface area contributed by atoms with E-state index in [-0.39, 0.29) is 5.54 Å². The fourth-order valence-corrected chi connectivity index (χ4v) is 2.11. The van der Waals surface area contributed by atoms with Gasteiger partial charge in [-0.1, -0.05) is 23.8 Å². The molecule has 0 heterocycles. The van der Waals surface area contributed by atoms with Crippen molar-refractivity contribution >= 4 is 0 Å². The molecule has 0 aliphatic rings. The third kappa shape index (κ3) is 6.74. The first kappa shape index (κ1) is 16.2. The van der Waals surface area contributed by atoms with Gasteiger partial charge in [-0.25, -0.2) is 0 Å². The molecule has 0 fully saturated rings. The summed E-state index contributed by atoms with van der Waals surface area (Å²) in [5.74, 6) is 0. The van der Waals surface area contributed by atoms with E-state index in [2.05, 4.69) is 70.1 Å². The molecule has 0 aliphatic carbocycles. The monoisotopic (exact) mass is 262 g/mol. The Kier molecular flexibility index (Phi) is 6.02. The Bertz CT molecular complexity index is 391. The second-order valence-corrected chi connectivity index (χ2v) is 6.66. The lowest BCUT2D eigenvalue weighted by Crippen LogP contribution is -2.40. The van der Waals surface area contributed by atoms with Gasteiger partial charge in [0, 0.05) is 25.2 Å². The summed E-state index contributed by atoms with van der Waals surface area (Å²) in [6.07, 6.45) is 1.14. The second kappa shape index (κ2) is 7.06. The summed E-state index contributed by atoms with van der Waals surface area (Å²) in [5, 5.41) is 3.53. The lowest BCUT2D eigenvalue weighted by molar-refractivity contribution is 0.312. The summed E-state index contributed by atoms with van der Waals surface area (Å²) in [4.78, 5) is 2.40. The van der Waals surface area contributed by atoms with Crippen LogP contribution in [0.1, 0.15) is 37.5 Å². The molecule has 0 amide bonds. The molecular weight excluding hydrogens is 232 g/mol. The van der Waals surface area contributed by atoms with E-state index >= 15 is 0 Å². The Labute approximate surface area is 119 Å². The molecule has 1 aromatic carbocycles. The van der Waals surface area contributed by atoms with Crippen molar-refractivity contribution < 1.29 is 0 Å². The molecule has 1 aromatic rings. The summed E-state index contributed by atoms with van der Waals surface area (Å²) in [5.41, 5.74) is 4.47. The van der Waals surface area contributed by atoms with Gasteiger partial charge in [-0.2, -0.15) is 0 Å². The minimum atomic E-state index is 0.216. The van der Waals surface area contributed by atoms with Crippen LogP contribution in [0.25, 0.3) is 0 Å². The molecule has 108 valence electrons. The molecule has 0 bridgehead atoms. The normalized spacial score (nSPS) is 12.2. The lowest BCUT2D eigenvalue weighted by atomic mass is 10.0. The van der Waals surface area contributed by atoms with Crippen LogP contribution in [0.5, 0.6) is 0 Å². The van der Waals surface area contributed by atoms with E-state index in [1.54, 1.807) is 0 Å². The van der Waals surface area contributed by atoms with Gasteiger partial charge in [0.15, 0.2) is 0 Å². The first-order valence-corrected chi connectivity index (χ1v) is 7.27. The van der Waals surface area contributed by atoms with Crippen molar-refractivity contribution in [1.82, 2.24) is 10.2 Å². The fraction of sp³-hybridized carbons (Fsp3) is 0.647. The van der Waals surface area contributed by atoms with Crippen LogP contribution in [0.3, 0.4) is 0 Å². The first-order chi connectivity index (χ1) is 8.78. The van der Waals surface area contributed by atoms with Crippen LogP contribution >= 0.6 is 0 Å². The van der Waals surface area contributed by atoms with E-state index in [1.165, 1.54) is 16.7 Å². The Morgan fingerprint density at radius 2 is 1.79 bits per heavy atom. The number of nitrogens with one attached hydrogen (secondary N) is 1. The first-order valence-electron chi connectivity index (χ1n) is 7.27. The van der Waals surface area contributed by atoms with Gasteiger partial charge in [0.2, 0.25) is 0 Å². The maximum Gasteiger partial charge on any atom is 0.0104 e. The number of hydrogen-bond donors (Lipinski definition) is 1. The number of hydrogen-bond acceptors (Lipinski definition) is 2. The molecule has 0 saturated carbocycles. The Balaban J connectivity index is 2.34. The van der Waals surface area contributed by atoms with Crippen molar-refractivity contribution in [3.63, 3.8) is 0 Å². The van der Waals surface area contributed by atoms with Crippen LogP contribution in [-0.2, 0) is 6.42 Å². The van der Waals surface area contributed by atoms with Crippen molar-refractivity contribution in [2.24, 2.45) is 0 Å². The maximum atomic E-state index is 3.53. The molecule has 2 heteroatoms. The predicted octanol–water partition coefficient (Wildman–Crippen LogP) is 3.17. The van der Waals surface area contributed by atoms with Crippen molar-refractivity contribution in [2.45, 2.75) is 46.6 Å². The highest BCUT2D eigenvalue weighted by Crippen LogP contribution is 2.11. The van der Waals surface area contributed by atoms with E-state index in [0.717, 1.165) is 26.1 Å². The van der Waals surface area contributed by atoms with Crippen LogP contribution in [0.4, 0.5) is 0 Å². The molecule has 0 aromatic heterocycles. The van der Waals surface area contributed by atoms with E-state index < -0.39 is 0 Å². The molecule has 2 nitrogen and oxygen atoms in total. The van der Waals surface area contributed by atoms with E-state index in [4.69, 9.17) is 0 Å². The number of nitrogens with zero attached hydrogens (tertiary/aromatic N) is 1. The summed E-state index contributed by atoms with van der Waals surface area (Å²) in [7, 11) is 2.20. The highest BCUT2D eigenvalue weighted by molar-refractivity contribution is 5.30. The van der Waals surface area contributed by atoms with Gasteiger partial charge in [-0.3, -0.25) is 0 Å². The van der Waals surface area contributed by atoms with Gasteiger partial charge >= 0.3 is 0 Å². The smallest absolute Gasteiger partial charge is 0.0104 e. The number of rotatable bonds is 6. The average molecular weight is 262 g/mol. The molecule has 0 saturated heterocycles. The average Bonchev–Trinajstić information content (AvgIpc) is 2.28. The van der Waals surface area contributed by atoms with Gasteiger partial charge in [0.25, 0.3) is 0 Å². The summed E-state index contributed by atoms with van der Waals surface area (Å²) >= 11 is 0. The fourth-order valence-electron chi connectivity index (χ4n) is 2.11. The molecule has 19 heavy (non-hydrogen) atoms. The van der Waals surface area contributed by atoms with Crippen LogP contribution in [-0.4, -0.2) is 37.1 Å². The quantitative estimate of drug-likeness (QED) is 0.847. The molecule has 1 rings (SSSR count). The van der Waals surface area contributed by atoms with Crippen molar-refractivity contribution in [3.8, 4) is 0 Å². The van der Waals surface area contributed by atoms with Gasteiger partial charge in [0.1, 0.15) is 0 Å². The standard InChI is InChI=1S/C17H30N2/c1-14-7-8-15(2)16(13-14)9-11-19(6)12-10-18-17(3,4)5/h7-8,13,18H,9-12H2,1-6H3. The molecule has 0 radical (unpaired) electrons. The van der Waals surface area contributed by atoms with Gasteiger partial charge in [0.05, 0.1) is 0 Å². The minimum absolute atomic E-state index is 0.216. The molecule has 1 N–H and O–H groups in total. The van der Waals surface area contributed by atoms with Gasteiger partial charge < -0.3 is 10.2 Å². The summed E-state index contributed by atoms with van der Waals surface area (Å²) < 4.78 is 0. The second-order valence-electron chi connectivity index (χ2n) is 6.66. The summed E-state index contributed by atoms with van der Waals surface area (Å²) in [6, 6.07) is 6.73.